The molecule has 0 unspecified atom stereocenters. The SMILES string of the molecule is CC(C)(C)OC(=O)NC1CCN(C(=O)c2cccc(-c3nc4ccccc4[nH]3)n2)CC1. The summed E-state index contributed by atoms with van der Waals surface area (Å²) in [5, 5.41) is 2.89. The first-order valence-corrected chi connectivity index (χ1v) is 10.5. The van der Waals surface area contributed by atoms with E-state index in [-0.39, 0.29) is 11.9 Å². The zero-order chi connectivity index (χ0) is 22.0. The second kappa shape index (κ2) is 8.37. The molecule has 4 rings (SSSR count). The number of amides is 2. The van der Waals surface area contributed by atoms with Crippen molar-refractivity contribution in [3.05, 3.63) is 48.2 Å². The molecule has 162 valence electrons. The van der Waals surface area contributed by atoms with Gasteiger partial charge < -0.3 is 19.9 Å². The molecule has 0 aliphatic carbocycles. The zero-order valence-electron chi connectivity index (χ0n) is 18.0. The van der Waals surface area contributed by atoms with Crippen molar-refractivity contribution >= 4 is 23.0 Å². The van der Waals surface area contributed by atoms with Crippen molar-refractivity contribution in [1.82, 2.24) is 25.2 Å². The van der Waals surface area contributed by atoms with Crippen LogP contribution in [0.3, 0.4) is 0 Å². The Labute approximate surface area is 181 Å². The van der Waals surface area contributed by atoms with Crippen LogP contribution in [-0.4, -0.2) is 56.6 Å². The molecular formula is C23H27N5O3. The molecule has 2 amide bonds. The number of fused-ring (bicyclic) bond motifs is 1. The molecule has 3 heterocycles. The molecule has 0 saturated carbocycles. The van der Waals surface area contributed by atoms with E-state index in [1.54, 1.807) is 11.0 Å². The predicted molar refractivity (Wildman–Crippen MR) is 118 cm³/mol. The molecule has 1 fully saturated rings. The van der Waals surface area contributed by atoms with E-state index in [2.05, 4.69) is 20.3 Å². The molecule has 0 radical (unpaired) electrons. The highest BCUT2D eigenvalue weighted by Gasteiger charge is 2.27. The monoisotopic (exact) mass is 421 g/mol. The number of nitrogens with zero attached hydrogens (tertiary/aromatic N) is 3. The molecule has 8 nitrogen and oxygen atoms in total. The number of para-hydroxylation sites is 2. The van der Waals surface area contributed by atoms with E-state index < -0.39 is 11.7 Å². The van der Waals surface area contributed by atoms with Gasteiger partial charge in [-0.15, -0.1) is 0 Å². The number of imidazole rings is 1. The van der Waals surface area contributed by atoms with Crippen molar-refractivity contribution in [2.24, 2.45) is 0 Å². The normalized spacial score (nSPS) is 15.1. The Morgan fingerprint density at radius 3 is 2.52 bits per heavy atom. The summed E-state index contributed by atoms with van der Waals surface area (Å²) in [6.07, 6.45) is 0.931. The van der Waals surface area contributed by atoms with Gasteiger partial charge in [-0.1, -0.05) is 18.2 Å². The van der Waals surface area contributed by atoms with E-state index in [1.165, 1.54) is 0 Å². The average molecular weight is 422 g/mol. The molecule has 0 spiro atoms. The number of carbonyl (C=O) groups is 2. The van der Waals surface area contributed by atoms with E-state index in [4.69, 9.17) is 4.74 Å². The number of carbonyl (C=O) groups excluding carboxylic acids is 2. The predicted octanol–water partition coefficient (Wildman–Crippen LogP) is 3.75. The van der Waals surface area contributed by atoms with Gasteiger partial charge in [0.15, 0.2) is 5.82 Å². The summed E-state index contributed by atoms with van der Waals surface area (Å²) in [5.41, 5.74) is 2.27. The number of nitrogens with one attached hydrogen (secondary N) is 2. The summed E-state index contributed by atoms with van der Waals surface area (Å²) in [6, 6.07) is 13.1. The Bertz CT molecular complexity index is 1060. The van der Waals surface area contributed by atoms with Crippen molar-refractivity contribution < 1.29 is 14.3 Å². The zero-order valence-corrected chi connectivity index (χ0v) is 18.0. The fourth-order valence-electron chi connectivity index (χ4n) is 3.62. The molecule has 1 aliphatic rings. The Balaban J connectivity index is 1.39. The third kappa shape index (κ3) is 5.02. The number of aromatic amines is 1. The van der Waals surface area contributed by atoms with Crippen LogP contribution in [0.15, 0.2) is 42.5 Å². The van der Waals surface area contributed by atoms with Gasteiger partial charge in [-0.2, -0.15) is 0 Å². The number of H-pyrrole nitrogens is 1. The minimum absolute atomic E-state index is 0.00579. The average Bonchev–Trinajstić information content (AvgIpc) is 3.17. The molecule has 0 atom stereocenters. The molecule has 2 N–H and O–H groups in total. The minimum atomic E-state index is -0.530. The minimum Gasteiger partial charge on any atom is -0.444 e. The van der Waals surface area contributed by atoms with Crippen molar-refractivity contribution in [1.29, 1.82) is 0 Å². The Kier molecular flexibility index (Phi) is 5.63. The van der Waals surface area contributed by atoms with E-state index in [1.807, 2.05) is 57.2 Å². The standard InChI is InChI=1S/C23H27N5O3/c1-23(2,3)31-22(30)24-15-11-13-28(14-12-15)21(29)19-10-6-9-18(25-19)20-26-16-7-4-5-8-17(16)27-20/h4-10,15H,11-14H2,1-3H3,(H,24,30)(H,26,27). The van der Waals surface area contributed by atoms with Gasteiger partial charge >= 0.3 is 6.09 Å². The lowest BCUT2D eigenvalue weighted by atomic mass is 10.0. The number of hydrogen-bond acceptors (Lipinski definition) is 5. The second-order valence-corrected chi connectivity index (χ2v) is 8.72. The summed E-state index contributed by atoms with van der Waals surface area (Å²) in [4.78, 5) is 39.1. The first-order chi connectivity index (χ1) is 14.8. The van der Waals surface area contributed by atoms with Crippen LogP contribution in [0.5, 0.6) is 0 Å². The maximum Gasteiger partial charge on any atom is 0.407 e. The number of rotatable bonds is 3. The van der Waals surface area contributed by atoms with Crippen molar-refractivity contribution in [2.45, 2.75) is 45.3 Å². The van der Waals surface area contributed by atoms with E-state index in [0.717, 1.165) is 11.0 Å². The Morgan fingerprint density at radius 1 is 1.06 bits per heavy atom. The van der Waals surface area contributed by atoms with Gasteiger partial charge in [-0.25, -0.2) is 14.8 Å². The molecule has 2 aromatic heterocycles. The summed E-state index contributed by atoms with van der Waals surface area (Å²) >= 11 is 0. The summed E-state index contributed by atoms with van der Waals surface area (Å²) < 4.78 is 5.31. The van der Waals surface area contributed by atoms with E-state index in [0.29, 0.717) is 43.1 Å². The maximum absolute atomic E-state index is 13.0. The lowest BCUT2D eigenvalue weighted by Gasteiger charge is -2.32. The first-order valence-electron chi connectivity index (χ1n) is 10.5. The maximum atomic E-state index is 13.0. The van der Waals surface area contributed by atoms with Crippen LogP contribution in [0, 0.1) is 0 Å². The second-order valence-electron chi connectivity index (χ2n) is 8.72. The molecule has 1 aromatic carbocycles. The van der Waals surface area contributed by atoms with Crippen LogP contribution < -0.4 is 5.32 Å². The highest BCUT2D eigenvalue weighted by molar-refractivity contribution is 5.93. The van der Waals surface area contributed by atoms with Gasteiger partial charge in [0, 0.05) is 19.1 Å². The van der Waals surface area contributed by atoms with Gasteiger partial charge in [0.1, 0.15) is 17.0 Å². The topological polar surface area (TPSA) is 100 Å². The van der Waals surface area contributed by atoms with Crippen molar-refractivity contribution in [3.63, 3.8) is 0 Å². The van der Waals surface area contributed by atoms with Gasteiger partial charge in [0.05, 0.1) is 11.0 Å². The molecule has 3 aromatic rings. The number of aromatic nitrogens is 3. The van der Waals surface area contributed by atoms with Crippen LogP contribution in [0.1, 0.15) is 44.1 Å². The lowest BCUT2D eigenvalue weighted by Crippen LogP contribution is -2.47. The largest absolute Gasteiger partial charge is 0.444 e. The summed E-state index contributed by atoms with van der Waals surface area (Å²) in [5.74, 6) is 0.518. The molecule has 8 heteroatoms. The number of alkyl carbamates (subject to hydrolysis) is 1. The highest BCUT2D eigenvalue weighted by Crippen LogP contribution is 2.20. The number of benzene rings is 1. The lowest BCUT2D eigenvalue weighted by molar-refractivity contribution is 0.0473. The highest BCUT2D eigenvalue weighted by atomic mass is 16.6. The summed E-state index contributed by atoms with van der Waals surface area (Å²) in [6.45, 7) is 6.60. The number of piperidine rings is 1. The molecule has 0 bridgehead atoms. The molecular weight excluding hydrogens is 394 g/mol. The van der Waals surface area contributed by atoms with Gasteiger partial charge in [-0.3, -0.25) is 4.79 Å². The fourth-order valence-corrected chi connectivity index (χ4v) is 3.62. The van der Waals surface area contributed by atoms with E-state index >= 15 is 0 Å². The smallest absolute Gasteiger partial charge is 0.407 e. The van der Waals surface area contributed by atoms with Gasteiger partial charge in [0.2, 0.25) is 0 Å². The molecule has 1 aliphatic heterocycles. The van der Waals surface area contributed by atoms with Crippen LogP contribution >= 0.6 is 0 Å². The summed E-state index contributed by atoms with van der Waals surface area (Å²) in [7, 11) is 0. The van der Waals surface area contributed by atoms with Gasteiger partial charge in [-0.05, 0) is 57.9 Å². The van der Waals surface area contributed by atoms with Crippen LogP contribution in [0.4, 0.5) is 4.79 Å². The van der Waals surface area contributed by atoms with Crippen molar-refractivity contribution in [2.75, 3.05) is 13.1 Å². The fraction of sp³-hybridized carbons (Fsp3) is 0.391. The third-order valence-corrected chi connectivity index (χ3v) is 5.10. The molecule has 31 heavy (non-hydrogen) atoms. The third-order valence-electron chi connectivity index (χ3n) is 5.10. The number of hydrogen-bond donors (Lipinski definition) is 2. The molecule has 1 saturated heterocycles. The number of ether oxygens (including phenoxy) is 1. The number of pyridine rings is 1. The first kappa shape index (κ1) is 20.8. The van der Waals surface area contributed by atoms with Crippen LogP contribution in [0.25, 0.3) is 22.6 Å². The van der Waals surface area contributed by atoms with E-state index in [9.17, 15) is 9.59 Å². The quantitative estimate of drug-likeness (QED) is 0.671. The van der Waals surface area contributed by atoms with Crippen molar-refractivity contribution in [3.8, 4) is 11.5 Å². The van der Waals surface area contributed by atoms with Gasteiger partial charge in [0.25, 0.3) is 5.91 Å². The van der Waals surface area contributed by atoms with Crippen LogP contribution in [0.2, 0.25) is 0 Å². The Morgan fingerprint density at radius 2 is 1.81 bits per heavy atom. The van der Waals surface area contributed by atoms with Crippen LogP contribution in [-0.2, 0) is 4.74 Å². The number of likely N-dealkylation sites (tertiary alicyclic amines) is 1. The Hall–Kier alpha value is -3.42.